The van der Waals surface area contributed by atoms with Crippen molar-refractivity contribution in [2.45, 2.75) is 202 Å². The Labute approximate surface area is 240 Å². The second-order valence-electron chi connectivity index (χ2n) is 13.3. The zero-order valence-electron chi connectivity index (χ0n) is 27.3. The lowest BCUT2D eigenvalue weighted by molar-refractivity contribution is -0.159. The molecule has 0 aliphatic carbocycles. The van der Waals surface area contributed by atoms with Gasteiger partial charge in [0.15, 0.2) is 0 Å². The molecule has 2 heteroatoms. The van der Waals surface area contributed by atoms with Gasteiger partial charge in [-0.15, -0.1) is 0 Å². The molecular weight excluding hydrogens is 464 g/mol. The van der Waals surface area contributed by atoms with E-state index in [1.54, 1.807) is 0 Å². The molecule has 0 spiro atoms. The van der Waals surface area contributed by atoms with E-state index in [2.05, 4.69) is 41.5 Å². The van der Waals surface area contributed by atoms with Gasteiger partial charge in [0.05, 0.1) is 5.41 Å². The Balaban J connectivity index is 4.38. The summed E-state index contributed by atoms with van der Waals surface area (Å²) in [4.78, 5) is 12.8. The van der Waals surface area contributed by atoms with Crippen molar-refractivity contribution in [2.24, 2.45) is 23.2 Å². The fraction of sp³-hybridized carbons (Fsp3) is 0.972. The SMILES string of the molecule is CCCCCCCCCCCCCCCC(C(C)C)C(CCCCCCCCCCCC)(C(=O)O)C(C)C. The van der Waals surface area contributed by atoms with Gasteiger partial charge < -0.3 is 5.11 Å². The highest BCUT2D eigenvalue weighted by atomic mass is 16.4. The molecular formula is C36H72O2. The van der Waals surface area contributed by atoms with Crippen LogP contribution >= 0.6 is 0 Å². The molecule has 38 heavy (non-hydrogen) atoms. The molecule has 2 unspecified atom stereocenters. The van der Waals surface area contributed by atoms with Gasteiger partial charge in [-0.2, -0.15) is 0 Å². The molecule has 0 saturated carbocycles. The molecule has 0 rings (SSSR count). The van der Waals surface area contributed by atoms with Gasteiger partial charge in [0.1, 0.15) is 0 Å². The van der Waals surface area contributed by atoms with E-state index in [1.165, 1.54) is 141 Å². The largest absolute Gasteiger partial charge is 0.481 e. The van der Waals surface area contributed by atoms with Crippen molar-refractivity contribution in [2.75, 3.05) is 0 Å². The van der Waals surface area contributed by atoms with Crippen molar-refractivity contribution < 1.29 is 9.90 Å². The van der Waals surface area contributed by atoms with E-state index in [9.17, 15) is 9.90 Å². The van der Waals surface area contributed by atoms with Crippen LogP contribution in [0, 0.1) is 23.2 Å². The molecule has 0 bridgehead atoms. The number of aliphatic carboxylic acids is 1. The maximum Gasteiger partial charge on any atom is 0.310 e. The number of carboxylic acid groups (broad SMARTS) is 1. The van der Waals surface area contributed by atoms with Crippen molar-refractivity contribution in [3.05, 3.63) is 0 Å². The van der Waals surface area contributed by atoms with Gasteiger partial charge in [0.2, 0.25) is 0 Å². The first kappa shape index (κ1) is 37.5. The highest BCUT2D eigenvalue weighted by Gasteiger charge is 2.48. The predicted octanol–water partition coefficient (Wildman–Crippen LogP) is 12.8. The number of carboxylic acids is 1. The zero-order valence-corrected chi connectivity index (χ0v) is 27.3. The molecule has 0 aromatic heterocycles. The monoisotopic (exact) mass is 537 g/mol. The maximum atomic E-state index is 12.8. The first-order valence-corrected chi connectivity index (χ1v) is 17.6. The minimum Gasteiger partial charge on any atom is -0.481 e. The summed E-state index contributed by atoms with van der Waals surface area (Å²) in [7, 11) is 0. The van der Waals surface area contributed by atoms with Gasteiger partial charge >= 0.3 is 5.97 Å². The molecule has 2 nitrogen and oxygen atoms in total. The number of unbranched alkanes of at least 4 members (excludes halogenated alkanes) is 21. The van der Waals surface area contributed by atoms with Crippen LogP contribution < -0.4 is 0 Å². The average Bonchev–Trinajstić information content (AvgIpc) is 2.87. The molecule has 0 aliphatic heterocycles. The fourth-order valence-electron chi connectivity index (χ4n) is 6.89. The normalized spacial score (nSPS) is 14.3. The van der Waals surface area contributed by atoms with Crippen molar-refractivity contribution >= 4 is 5.97 Å². The molecule has 2 atom stereocenters. The van der Waals surface area contributed by atoms with Crippen molar-refractivity contribution in [3.8, 4) is 0 Å². The van der Waals surface area contributed by atoms with Crippen molar-refractivity contribution in [1.82, 2.24) is 0 Å². The highest BCUT2D eigenvalue weighted by Crippen LogP contribution is 2.47. The summed E-state index contributed by atoms with van der Waals surface area (Å²) >= 11 is 0. The summed E-state index contributed by atoms with van der Waals surface area (Å²) in [6.45, 7) is 13.4. The lowest BCUT2D eigenvalue weighted by atomic mass is 9.60. The maximum absolute atomic E-state index is 12.8. The van der Waals surface area contributed by atoms with Crippen molar-refractivity contribution in [1.29, 1.82) is 0 Å². The van der Waals surface area contributed by atoms with E-state index in [-0.39, 0.29) is 11.8 Å². The smallest absolute Gasteiger partial charge is 0.310 e. The molecule has 0 aromatic rings. The van der Waals surface area contributed by atoms with Crippen LogP contribution in [0.5, 0.6) is 0 Å². The minimum atomic E-state index is -0.564. The molecule has 0 radical (unpaired) electrons. The van der Waals surface area contributed by atoms with Crippen LogP contribution in [-0.4, -0.2) is 11.1 Å². The van der Waals surface area contributed by atoms with E-state index in [0.717, 1.165) is 19.3 Å². The van der Waals surface area contributed by atoms with Crippen LogP contribution in [0.25, 0.3) is 0 Å². The van der Waals surface area contributed by atoms with E-state index >= 15 is 0 Å². The minimum absolute atomic E-state index is 0.188. The number of hydrogen-bond donors (Lipinski definition) is 1. The van der Waals surface area contributed by atoms with Gasteiger partial charge in [0, 0.05) is 0 Å². The number of rotatable bonds is 29. The highest BCUT2D eigenvalue weighted by molar-refractivity contribution is 5.75. The standard InChI is InChI=1S/C36H72O2/c1-7-9-11-13-15-17-19-20-21-22-24-26-28-30-34(32(3)4)36(33(5)6,35(37)38)31-29-27-25-23-18-16-14-12-10-8-2/h32-34H,7-31H2,1-6H3,(H,37,38). The van der Waals surface area contributed by atoms with Gasteiger partial charge in [-0.3, -0.25) is 4.79 Å². The Morgan fingerprint density at radius 3 is 1.13 bits per heavy atom. The second-order valence-corrected chi connectivity index (χ2v) is 13.3. The summed E-state index contributed by atoms with van der Waals surface area (Å²) < 4.78 is 0. The van der Waals surface area contributed by atoms with Crippen LogP contribution in [0.15, 0.2) is 0 Å². The average molecular weight is 537 g/mol. The predicted molar refractivity (Wildman–Crippen MR) is 170 cm³/mol. The molecule has 0 aliphatic rings. The third kappa shape index (κ3) is 17.2. The van der Waals surface area contributed by atoms with E-state index < -0.39 is 11.4 Å². The van der Waals surface area contributed by atoms with Crippen LogP contribution in [0.2, 0.25) is 0 Å². The summed E-state index contributed by atoms with van der Waals surface area (Å²) in [6.07, 6.45) is 32.8. The topological polar surface area (TPSA) is 37.3 Å². The van der Waals surface area contributed by atoms with Gasteiger partial charge in [0.25, 0.3) is 0 Å². The van der Waals surface area contributed by atoms with E-state index in [1.807, 2.05) is 0 Å². The zero-order chi connectivity index (χ0) is 28.5. The molecule has 0 amide bonds. The Hall–Kier alpha value is -0.530. The van der Waals surface area contributed by atoms with Gasteiger partial charge in [-0.25, -0.2) is 0 Å². The van der Waals surface area contributed by atoms with Crippen LogP contribution in [-0.2, 0) is 4.79 Å². The Bertz CT molecular complexity index is 511. The van der Waals surface area contributed by atoms with E-state index in [0.29, 0.717) is 5.92 Å². The first-order valence-electron chi connectivity index (χ1n) is 17.6. The summed E-state index contributed by atoms with van der Waals surface area (Å²) in [5, 5.41) is 10.6. The van der Waals surface area contributed by atoms with Crippen LogP contribution in [0.1, 0.15) is 202 Å². The van der Waals surface area contributed by atoms with E-state index in [4.69, 9.17) is 0 Å². The molecule has 0 aromatic carbocycles. The Kier molecular flexibility index (Phi) is 25.1. The molecule has 1 N–H and O–H groups in total. The molecule has 228 valence electrons. The third-order valence-electron chi connectivity index (χ3n) is 9.46. The van der Waals surface area contributed by atoms with Crippen LogP contribution in [0.3, 0.4) is 0 Å². The second kappa shape index (κ2) is 25.4. The van der Waals surface area contributed by atoms with Crippen molar-refractivity contribution in [3.63, 3.8) is 0 Å². The quantitative estimate of drug-likeness (QED) is 0.0965. The third-order valence-corrected chi connectivity index (χ3v) is 9.46. The Morgan fingerprint density at radius 1 is 0.526 bits per heavy atom. The summed E-state index contributed by atoms with van der Waals surface area (Å²) in [5.41, 5.74) is -0.564. The summed E-state index contributed by atoms with van der Waals surface area (Å²) in [6, 6.07) is 0. The number of carbonyl (C=O) groups is 1. The fourth-order valence-corrected chi connectivity index (χ4v) is 6.89. The summed E-state index contributed by atoms with van der Waals surface area (Å²) in [5.74, 6) is 0.366. The molecule has 0 saturated heterocycles. The number of hydrogen-bond acceptors (Lipinski definition) is 1. The lowest BCUT2D eigenvalue weighted by Crippen LogP contribution is -2.45. The van der Waals surface area contributed by atoms with Gasteiger partial charge in [-0.05, 0) is 30.6 Å². The Morgan fingerprint density at radius 2 is 0.842 bits per heavy atom. The first-order chi connectivity index (χ1) is 18.3. The van der Waals surface area contributed by atoms with Gasteiger partial charge in [-0.1, -0.05) is 189 Å². The lowest BCUT2D eigenvalue weighted by Gasteiger charge is -2.43. The molecule has 0 fully saturated rings. The molecule has 0 heterocycles. The van der Waals surface area contributed by atoms with Crippen LogP contribution in [0.4, 0.5) is 0 Å².